The van der Waals surface area contributed by atoms with Gasteiger partial charge in [0.05, 0.1) is 17.8 Å². The number of hydrogen-bond acceptors (Lipinski definition) is 3. The van der Waals surface area contributed by atoms with Gasteiger partial charge in [0.2, 0.25) is 0 Å². The summed E-state index contributed by atoms with van der Waals surface area (Å²) in [6.45, 7) is 1.84. The van der Waals surface area contributed by atoms with Crippen molar-refractivity contribution < 1.29 is 14.7 Å². The maximum atomic E-state index is 12.1. The number of carbonyl (C=O) groups is 2. The second-order valence-electron chi connectivity index (χ2n) is 4.44. The molecule has 1 aromatic heterocycles. The van der Waals surface area contributed by atoms with Gasteiger partial charge in [-0.15, -0.1) is 0 Å². The van der Waals surface area contributed by atoms with Crippen LogP contribution >= 0.6 is 0 Å². The first kappa shape index (κ1) is 13.8. The molecule has 2 N–H and O–H groups in total. The van der Waals surface area contributed by atoms with Crippen LogP contribution in [0.4, 0.5) is 0 Å². The Labute approximate surface area is 116 Å². The van der Waals surface area contributed by atoms with Crippen LogP contribution in [0.15, 0.2) is 36.5 Å². The molecule has 0 aliphatic carbocycles. The molecule has 0 aliphatic heterocycles. The molecule has 1 unspecified atom stereocenters. The van der Waals surface area contributed by atoms with Gasteiger partial charge in [-0.05, 0) is 12.5 Å². The lowest BCUT2D eigenvalue weighted by atomic mass is 10.1. The van der Waals surface area contributed by atoms with Gasteiger partial charge in [0.1, 0.15) is 0 Å². The summed E-state index contributed by atoms with van der Waals surface area (Å²) in [5.74, 6) is -1.63. The molecular weight excluding hydrogens is 258 g/mol. The molecule has 0 aliphatic rings. The lowest BCUT2D eigenvalue weighted by Gasteiger charge is -2.13. The number of carboxylic acids is 1. The highest BCUT2D eigenvalue weighted by molar-refractivity contribution is 6.03. The van der Waals surface area contributed by atoms with Crippen LogP contribution in [0.3, 0.4) is 0 Å². The number of carbonyl (C=O) groups excluding carboxylic acids is 1. The van der Waals surface area contributed by atoms with Gasteiger partial charge in [-0.25, -0.2) is 4.79 Å². The summed E-state index contributed by atoms with van der Waals surface area (Å²) in [7, 11) is 1.49. The van der Waals surface area contributed by atoms with E-state index in [0.717, 1.165) is 5.56 Å². The van der Waals surface area contributed by atoms with Crippen LogP contribution in [0.2, 0.25) is 0 Å². The predicted molar refractivity (Wildman–Crippen MR) is 72.5 cm³/mol. The summed E-state index contributed by atoms with van der Waals surface area (Å²) >= 11 is 0. The molecule has 0 saturated carbocycles. The molecule has 6 nitrogen and oxygen atoms in total. The molecule has 0 saturated heterocycles. The van der Waals surface area contributed by atoms with Crippen LogP contribution in [0, 0.1) is 0 Å². The van der Waals surface area contributed by atoms with Gasteiger partial charge in [-0.1, -0.05) is 30.3 Å². The smallest absolute Gasteiger partial charge is 0.354 e. The number of aromatic nitrogens is 2. The molecule has 1 atom stereocenters. The third kappa shape index (κ3) is 2.69. The third-order valence-corrected chi connectivity index (χ3v) is 3.03. The van der Waals surface area contributed by atoms with E-state index in [1.54, 1.807) is 0 Å². The van der Waals surface area contributed by atoms with E-state index in [1.807, 2.05) is 37.3 Å². The maximum Gasteiger partial charge on any atom is 0.354 e. The highest BCUT2D eigenvalue weighted by Crippen LogP contribution is 2.14. The number of nitrogens with zero attached hydrogens (tertiary/aromatic N) is 2. The van der Waals surface area contributed by atoms with Crippen molar-refractivity contribution >= 4 is 11.9 Å². The number of amides is 1. The van der Waals surface area contributed by atoms with Crippen molar-refractivity contribution in [2.75, 3.05) is 0 Å². The molecule has 1 heterocycles. The van der Waals surface area contributed by atoms with Crippen molar-refractivity contribution in [2.24, 2.45) is 7.05 Å². The Morgan fingerprint density at radius 1 is 1.30 bits per heavy atom. The zero-order valence-corrected chi connectivity index (χ0v) is 11.2. The Bertz CT molecular complexity index is 634. The summed E-state index contributed by atoms with van der Waals surface area (Å²) in [6, 6.07) is 9.22. The predicted octanol–water partition coefficient (Wildman–Crippen LogP) is 1.61. The van der Waals surface area contributed by atoms with Gasteiger partial charge >= 0.3 is 5.97 Å². The fourth-order valence-corrected chi connectivity index (χ4v) is 1.96. The minimum Gasteiger partial charge on any atom is -0.477 e. The maximum absolute atomic E-state index is 12.1. The normalized spacial score (nSPS) is 11.9. The molecule has 1 aromatic carbocycles. The standard InChI is InChI=1S/C14H15N3O3/c1-9(10-6-4-3-5-7-10)16-13(18)11-8-15-17(2)12(11)14(19)20/h3-9H,1-2H3,(H,16,18)(H,19,20). The monoisotopic (exact) mass is 273 g/mol. The van der Waals surface area contributed by atoms with Crippen LogP contribution in [-0.2, 0) is 7.05 Å². The van der Waals surface area contributed by atoms with E-state index in [2.05, 4.69) is 10.4 Å². The van der Waals surface area contributed by atoms with E-state index < -0.39 is 11.9 Å². The molecule has 0 fully saturated rings. The Kier molecular flexibility index (Phi) is 3.84. The Morgan fingerprint density at radius 3 is 2.55 bits per heavy atom. The largest absolute Gasteiger partial charge is 0.477 e. The molecule has 0 spiro atoms. The number of rotatable bonds is 4. The highest BCUT2D eigenvalue weighted by atomic mass is 16.4. The molecule has 20 heavy (non-hydrogen) atoms. The zero-order valence-electron chi connectivity index (χ0n) is 11.2. The average Bonchev–Trinajstić information content (AvgIpc) is 2.81. The number of nitrogens with one attached hydrogen (secondary N) is 1. The minimum absolute atomic E-state index is 0.0581. The molecule has 2 aromatic rings. The van der Waals surface area contributed by atoms with Gasteiger partial charge in [0, 0.05) is 7.05 Å². The summed E-state index contributed by atoms with van der Waals surface area (Å²) < 4.78 is 1.17. The van der Waals surface area contributed by atoms with E-state index in [9.17, 15) is 9.59 Å². The molecule has 0 bridgehead atoms. The topological polar surface area (TPSA) is 84.2 Å². The Morgan fingerprint density at radius 2 is 1.95 bits per heavy atom. The van der Waals surface area contributed by atoms with E-state index in [4.69, 9.17) is 5.11 Å². The summed E-state index contributed by atoms with van der Waals surface area (Å²) in [4.78, 5) is 23.3. The number of aromatic carboxylic acids is 1. The molecular formula is C14H15N3O3. The number of benzene rings is 1. The first-order valence-electron chi connectivity index (χ1n) is 6.11. The van der Waals surface area contributed by atoms with Gasteiger partial charge < -0.3 is 10.4 Å². The number of hydrogen-bond donors (Lipinski definition) is 2. The fourth-order valence-electron chi connectivity index (χ4n) is 1.96. The summed E-state index contributed by atoms with van der Waals surface area (Å²) in [5.41, 5.74) is 0.882. The molecule has 1 amide bonds. The SMILES string of the molecule is CC(NC(=O)c1cnn(C)c1C(=O)O)c1ccccc1. The molecule has 2 rings (SSSR count). The number of aryl methyl sites for hydroxylation is 1. The first-order chi connectivity index (χ1) is 9.50. The van der Waals surface area contributed by atoms with Crippen molar-refractivity contribution in [3.05, 3.63) is 53.3 Å². The average molecular weight is 273 g/mol. The second kappa shape index (κ2) is 5.56. The van der Waals surface area contributed by atoms with Crippen LogP contribution in [0.25, 0.3) is 0 Å². The number of carboxylic acid groups (broad SMARTS) is 1. The Balaban J connectivity index is 2.19. The van der Waals surface area contributed by atoms with E-state index in [-0.39, 0.29) is 17.3 Å². The first-order valence-corrected chi connectivity index (χ1v) is 6.11. The van der Waals surface area contributed by atoms with Crippen molar-refractivity contribution in [3.63, 3.8) is 0 Å². The van der Waals surface area contributed by atoms with Crippen molar-refractivity contribution in [1.82, 2.24) is 15.1 Å². The van der Waals surface area contributed by atoms with E-state index in [0.29, 0.717) is 0 Å². The lowest BCUT2D eigenvalue weighted by Crippen LogP contribution is -2.28. The second-order valence-corrected chi connectivity index (χ2v) is 4.44. The molecule has 104 valence electrons. The van der Waals surface area contributed by atoms with E-state index in [1.165, 1.54) is 17.9 Å². The van der Waals surface area contributed by atoms with Gasteiger partial charge in [0.25, 0.3) is 5.91 Å². The van der Waals surface area contributed by atoms with Crippen LogP contribution in [-0.4, -0.2) is 26.8 Å². The van der Waals surface area contributed by atoms with Crippen LogP contribution in [0.1, 0.15) is 39.4 Å². The molecule has 6 heteroatoms. The summed E-state index contributed by atoms with van der Waals surface area (Å²) in [5, 5.41) is 15.7. The molecule has 0 radical (unpaired) electrons. The third-order valence-electron chi connectivity index (χ3n) is 3.03. The Hall–Kier alpha value is -2.63. The van der Waals surface area contributed by atoms with Gasteiger partial charge in [-0.3, -0.25) is 9.48 Å². The minimum atomic E-state index is -1.18. The highest BCUT2D eigenvalue weighted by Gasteiger charge is 2.22. The fraction of sp³-hybridized carbons (Fsp3) is 0.214. The van der Waals surface area contributed by atoms with Crippen molar-refractivity contribution in [3.8, 4) is 0 Å². The van der Waals surface area contributed by atoms with Gasteiger partial charge in [0.15, 0.2) is 5.69 Å². The quantitative estimate of drug-likeness (QED) is 0.886. The van der Waals surface area contributed by atoms with E-state index >= 15 is 0 Å². The lowest BCUT2D eigenvalue weighted by molar-refractivity contribution is 0.0678. The van der Waals surface area contributed by atoms with Crippen LogP contribution in [0.5, 0.6) is 0 Å². The van der Waals surface area contributed by atoms with Gasteiger partial charge in [-0.2, -0.15) is 5.10 Å². The summed E-state index contributed by atoms with van der Waals surface area (Å²) in [6.07, 6.45) is 1.26. The van der Waals surface area contributed by atoms with Crippen molar-refractivity contribution in [1.29, 1.82) is 0 Å². The van der Waals surface area contributed by atoms with Crippen LogP contribution < -0.4 is 5.32 Å². The van der Waals surface area contributed by atoms with Crippen molar-refractivity contribution in [2.45, 2.75) is 13.0 Å². The zero-order chi connectivity index (χ0) is 14.7.